The lowest BCUT2D eigenvalue weighted by molar-refractivity contribution is -0.233. The molecule has 5 nitrogen and oxygen atoms in total. The minimum atomic E-state index is -0.981. The zero-order valence-corrected chi connectivity index (χ0v) is 12.9. The van der Waals surface area contributed by atoms with Crippen LogP contribution in [0.25, 0.3) is 0 Å². The molecule has 0 saturated carbocycles. The Kier molecular flexibility index (Phi) is 4.22. The third kappa shape index (κ3) is 3.02. The van der Waals surface area contributed by atoms with Crippen molar-refractivity contribution in [2.24, 2.45) is 0 Å². The smallest absolute Gasteiger partial charge is 0.186 e. The van der Waals surface area contributed by atoms with Crippen molar-refractivity contribution in [1.29, 1.82) is 0 Å². The molecule has 0 aromatic heterocycles. The fourth-order valence-electron chi connectivity index (χ4n) is 2.80. The summed E-state index contributed by atoms with van der Waals surface area (Å²) >= 11 is 0. The molecule has 3 rings (SSSR count). The predicted molar refractivity (Wildman–Crippen MR) is 78.8 cm³/mol. The first-order chi connectivity index (χ1) is 10.5. The highest BCUT2D eigenvalue weighted by Gasteiger charge is 2.57. The van der Waals surface area contributed by atoms with Crippen LogP contribution in [-0.2, 0) is 18.9 Å². The number of methoxy groups -OCH3 is 1. The Morgan fingerprint density at radius 2 is 1.86 bits per heavy atom. The summed E-state index contributed by atoms with van der Waals surface area (Å²) in [4.78, 5) is 0. The molecular weight excluding hydrogens is 284 g/mol. The van der Waals surface area contributed by atoms with Crippen molar-refractivity contribution in [2.75, 3.05) is 7.11 Å². The molecule has 1 aromatic rings. The van der Waals surface area contributed by atoms with Crippen LogP contribution in [-0.4, -0.2) is 48.7 Å². The molecule has 2 fully saturated rings. The number of rotatable bonds is 2. The normalized spacial score (nSPS) is 33.8. The molecule has 2 heterocycles. The van der Waals surface area contributed by atoms with Gasteiger partial charge in [0.1, 0.15) is 24.4 Å². The van der Waals surface area contributed by atoms with Crippen LogP contribution in [0.4, 0.5) is 0 Å². The van der Waals surface area contributed by atoms with Gasteiger partial charge in [0.05, 0.1) is 0 Å². The zero-order chi connectivity index (χ0) is 15.7. The van der Waals surface area contributed by atoms with Gasteiger partial charge in [0.25, 0.3) is 0 Å². The van der Waals surface area contributed by atoms with Gasteiger partial charge in [0.2, 0.25) is 0 Å². The van der Waals surface area contributed by atoms with Crippen molar-refractivity contribution in [3.05, 3.63) is 35.9 Å². The van der Waals surface area contributed by atoms with E-state index in [0.717, 1.165) is 5.56 Å². The molecule has 1 N–H and O–H groups in total. The summed E-state index contributed by atoms with van der Waals surface area (Å²) in [6, 6.07) is 9.48. The van der Waals surface area contributed by atoms with Crippen molar-refractivity contribution in [1.82, 2.24) is 0 Å². The highest BCUT2D eigenvalue weighted by atomic mass is 16.8. The first kappa shape index (κ1) is 15.5. The molecule has 5 atom stereocenters. The van der Waals surface area contributed by atoms with Gasteiger partial charge in [-0.25, -0.2) is 0 Å². The second kappa shape index (κ2) is 5.99. The van der Waals surface area contributed by atoms with Gasteiger partial charge in [-0.2, -0.15) is 0 Å². The molecule has 0 amide bonds. The van der Waals surface area contributed by atoms with Crippen LogP contribution in [0.2, 0.25) is 0 Å². The van der Waals surface area contributed by atoms with Crippen LogP contribution >= 0.6 is 0 Å². The standard InChI is InChI=1S/C17H20O5/c1-17(2)21-14-13(20-16(19-3)15(14)22-17)12(18)10-9-11-7-5-4-6-8-11/h4-8,12-16,18H,1-3H3/t12-,13-,14-,15-,16-/m1/s1. The molecule has 5 heteroatoms. The fourth-order valence-corrected chi connectivity index (χ4v) is 2.80. The van der Waals surface area contributed by atoms with Crippen LogP contribution in [0.5, 0.6) is 0 Å². The monoisotopic (exact) mass is 304 g/mol. The quantitative estimate of drug-likeness (QED) is 0.835. The van der Waals surface area contributed by atoms with Gasteiger partial charge >= 0.3 is 0 Å². The highest BCUT2D eigenvalue weighted by molar-refractivity contribution is 5.34. The highest BCUT2D eigenvalue weighted by Crippen LogP contribution is 2.39. The van der Waals surface area contributed by atoms with Crippen molar-refractivity contribution in [3.8, 4) is 11.8 Å². The minimum absolute atomic E-state index is 0.363. The second-order valence-electron chi connectivity index (χ2n) is 5.85. The van der Waals surface area contributed by atoms with Gasteiger partial charge in [-0.3, -0.25) is 0 Å². The summed E-state index contributed by atoms with van der Waals surface area (Å²) < 4.78 is 22.6. The van der Waals surface area contributed by atoms with Gasteiger partial charge in [0.15, 0.2) is 12.1 Å². The van der Waals surface area contributed by atoms with E-state index in [1.54, 1.807) is 7.11 Å². The maximum Gasteiger partial charge on any atom is 0.186 e. The van der Waals surface area contributed by atoms with E-state index >= 15 is 0 Å². The molecule has 22 heavy (non-hydrogen) atoms. The lowest BCUT2D eigenvalue weighted by Gasteiger charge is -2.24. The van der Waals surface area contributed by atoms with Crippen molar-refractivity contribution in [2.45, 2.75) is 50.3 Å². The molecular formula is C17H20O5. The third-order valence-electron chi connectivity index (χ3n) is 3.73. The second-order valence-corrected chi connectivity index (χ2v) is 5.85. The first-order valence-electron chi connectivity index (χ1n) is 7.29. The largest absolute Gasteiger partial charge is 0.377 e. The Balaban J connectivity index is 1.75. The first-order valence-corrected chi connectivity index (χ1v) is 7.29. The van der Waals surface area contributed by atoms with E-state index in [9.17, 15) is 5.11 Å². The number of fused-ring (bicyclic) bond motifs is 1. The lowest BCUT2D eigenvalue weighted by Crippen LogP contribution is -2.37. The molecule has 2 aliphatic rings. The van der Waals surface area contributed by atoms with Crippen LogP contribution in [0.3, 0.4) is 0 Å². The van der Waals surface area contributed by atoms with Gasteiger partial charge in [-0.1, -0.05) is 30.0 Å². The van der Waals surface area contributed by atoms with Gasteiger partial charge in [-0.15, -0.1) is 0 Å². The van der Waals surface area contributed by atoms with Crippen LogP contribution in [0.15, 0.2) is 30.3 Å². The van der Waals surface area contributed by atoms with E-state index in [-0.39, 0.29) is 6.10 Å². The summed E-state index contributed by atoms with van der Waals surface area (Å²) in [5.41, 5.74) is 0.836. The molecule has 0 unspecified atom stereocenters. The average Bonchev–Trinajstić information content (AvgIpc) is 2.98. The minimum Gasteiger partial charge on any atom is -0.377 e. The summed E-state index contributed by atoms with van der Waals surface area (Å²) in [6.45, 7) is 3.66. The van der Waals surface area contributed by atoms with E-state index in [2.05, 4.69) is 11.8 Å². The number of aliphatic hydroxyl groups is 1. The molecule has 0 spiro atoms. The van der Waals surface area contributed by atoms with E-state index in [1.807, 2.05) is 44.2 Å². The van der Waals surface area contributed by atoms with Crippen LogP contribution in [0, 0.1) is 11.8 Å². The van der Waals surface area contributed by atoms with Crippen LogP contribution in [0.1, 0.15) is 19.4 Å². The van der Waals surface area contributed by atoms with Crippen molar-refractivity contribution >= 4 is 0 Å². The Morgan fingerprint density at radius 3 is 2.55 bits per heavy atom. The molecule has 1 aromatic carbocycles. The molecule has 0 radical (unpaired) electrons. The molecule has 2 aliphatic heterocycles. The number of ether oxygens (including phenoxy) is 4. The number of aliphatic hydroxyl groups excluding tert-OH is 1. The van der Waals surface area contributed by atoms with Gasteiger partial charge < -0.3 is 24.1 Å². The summed E-state index contributed by atoms with van der Waals surface area (Å²) in [5.74, 6) is 5.03. The van der Waals surface area contributed by atoms with E-state index in [4.69, 9.17) is 18.9 Å². The molecule has 0 aliphatic carbocycles. The lowest BCUT2D eigenvalue weighted by atomic mass is 10.1. The number of benzene rings is 1. The zero-order valence-electron chi connectivity index (χ0n) is 12.9. The van der Waals surface area contributed by atoms with Gasteiger partial charge in [0, 0.05) is 12.7 Å². The molecule has 0 bridgehead atoms. The number of hydrogen-bond donors (Lipinski definition) is 1. The molecule has 2 saturated heterocycles. The Bertz CT molecular complexity index is 574. The predicted octanol–water partition coefficient (Wildman–Crippen LogP) is 1.29. The molecule has 118 valence electrons. The Morgan fingerprint density at radius 1 is 1.18 bits per heavy atom. The number of hydrogen-bond acceptors (Lipinski definition) is 5. The SMILES string of the molecule is CO[C@@H]1O[C@H]([C@H](O)C#Cc2ccccc2)[C@H]2OC(C)(C)O[C@@H]12. The van der Waals surface area contributed by atoms with Crippen LogP contribution < -0.4 is 0 Å². The van der Waals surface area contributed by atoms with Crippen molar-refractivity contribution in [3.63, 3.8) is 0 Å². The maximum absolute atomic E-state index is 10.4. The van der Waals surface area contributed by atoms with Gasteiger partial charge in [-0.05, 0) is 26.0 Å². The maximum atomic E-state index is 10.4. The van der Waals surface area contributed by atoms with E-state index in [0.29, 0.717) is 0 Å². The van der Waals surface area contributed by atoms with E-state index in [1.165, 1.54) is 0 Å². The Labute approximate surface area is 130 Å². The summed E-state index contributed by atoms with van der Waals surface area (Å²) in [5, 5.41) is 10.4. The fraction of sp³-hybridized carbons (Fsp3) is 0.529. The summed E-state index contributed by atoms with van der Waals surface area (Å²) in [6.07, 6.45) is -2.92. The summed E-state index contributed by atoms with van der Waals surface area (Å²) in [7, 11) is 1.54. The van der Waals surface area contributed by atoms with Crippen molar-refractivity contribution < 1.29 is 24.1 Å². The third-order valence-corrected chi connectivity index (χ3v) is 3.73. The Hall–Kier alpha value is -1.42. The topological polar surface area (TPSA) is 57.2 Å². The van der Waals surface area contributed by atoms with E-state index < -0.39 is 30.4 Å². The average molecular weight is 304 g/mol.